The smallest absolute Gasteiger partial charge is 0.0300 e. The monoisotopic (exact) mass is 162 g/mol. The molecule has 0 radical (unpaired) electrons. The maximum atomic E-state index is 4.08. The molecule has 0 unspecified atom stereocenters. The highest BCUT2D eigenvalue weighted by atomic mass is 15.2. The largest absolute Gasteiger partial charge is 0.299 e. The third kappa shape index (κ3) is 1.48. The Bertz CT molecular complexity index is 266. The Balaban J connectivity index is 2.06. The molecule has 0 aliphatic carbocycles. The summed E-state index contributed by atoms with van der Waals surface area (Å²) in [5, 5.41) is 0. The van der Waals surface area contributed by atoms with E-state index in [1.165, 1.54) is 30.6 Å². The van der Waals surface area contributed by atoms with Gasteiger partial charge >= 0.3 is 0 Å². The van der Waals surface area contributed by atoms with Crippen molar-refractivity contribution in [3.63, 3.8) is 0 Å². The van der Waals surface area contributed by atoms with Crippen LogP contribution in [0.2, 0.25) is 0 Å². The zero-order valence-corrected chi connectivity index (χ0v) is 7.45. The van der Waals surface area contributed by atoms with Crippen LogP contribution in [0.4, 0.5) is 0 Å². The van der Waals surface area contributed by atoms with Crippen LogP contribution in [-0.2, 0) is 6.54 Å². The first-order chi connectivity index (χ1) is 5.86. The first-order valence-electron chi connectivity index (χ1n) is 4.48. The lowest BCUT2D eigenvalue weighted by Crippen LogP contribution is -2.36. The molecule has 2 rings (SSSR count). The number of hydrogen-bond donors (Lipinski definition) is 0. The van der Waals surface area contributed by atoms with Crippen molar-refractivity contribution >= 4 is 0 Å². The second-order valence-corrected chi connectivity index (χ2v) is 3.43. The Morgan fingerprint density at radius 1 is 1.50 bits per heavy atom. The molecule has 12 heavy (non-hydrogen) atoms. The molecule has 0 spiro atoms. The zero-order chi connectivity index (χ0) is 8.39. The zero-order valence-electron chi connectivity index (χ0n) is 7.45. The molecular formula is C10H14N2. The summed E-state index contributed by atoms with van der Waals surface area (Å²) in [7, 11) is 0. The fourth-order valence-electron chi connectivity index (χ4n) is 1.46. The summed E-state index contributed by atoms with van der Waals surface area (Å²) in [6.45, 7) is 5.76. The van der Waals surface area contributed by atoms with E-state index in [9.17, 15) is 0 Å². The fourth-order valence-corrected chi connectivity index (χ4v) is 1.46. The molecule has 0 amide bonds. The normalized spacial score (nSPS) is 17.4. The fraction of sp³-hybridized carbons (Fsp3) is 0.500. The number of aromatic nitrogens is 1. The van der Waals surface area contributed by atoms with Crippen molar-refractivity contribution in [2.24, 2.45) is 0 Å². The summed E-state index contributed by atoms with van der Waals surface area (Å²) in [4.78, 5) is 6.54. The highest BCUT2D eigenvalue weighted by molar-refractivity contribution is 5.21. The summed E-state index contributed by atoms with van der Waals surface area (Å²) in [5.41, 5.74) is 2.73. The third-order valence-electron chi connectivity index (χ3n) is 2.48. The minimum absolute atomic E-state index is 1.11. The topological polar surface area (TPSA) is 16.1 Å². The van der Waals surface area contributed by atoms with Gasteiger partial charge in [-0.1, -0.05) is 0 Å². The molecule has 1 saturated heterocycles. The van der Waals surface area contributed by atoms with E-state index in [1.807, 2.05) is 12.4 Å². The summed E-state index contributed by atoms with van der Waals surface area (Å²) in [5.74, 6) is 0. The molecule has 0 N–H and O–H groups in total. The van der Waals surface area contributed by atoms with E-state index in [1.54, 1.807) is 0 Å². The SMILES string of the molecule is Cc1cnccc1CN1CCC1. The average molecular weight is 162 g/mol. The number of likely N-dealkylation sites (tertiary alicyclic amines) is 1. The lowest BCUT2D eigenvalue weighted by molar-refractivity contribution is 0.172. The molecule has 1 aromatic heterocycles. The lowest BCUT2D eigenvalue weighted by Gasteiger charge is -2.31. The molecule has 1 aliphatic rings. The van der Waals surface area contributed by atoms with Gasteiger partial charge in [-0.15, -0.1) is 0 Å². The molecule has 1 aromatic rings. The van der Waals surface area contributed by atoms with Crippen LogP contribution in [0.15, 0.2) is 18.5 Å². The van der Waals surface area contributed by atoms with Gasteiger partial charge in [0.15, 0.2) is 0 Å². The Hall–Kier alpha value is -0.890. The van der Waals surface area contributed by atoms with Crippen LogP contribution < -0.4 is 0 Å². The van der Waals surface area contributed by atoms with E-state index in [0.717, 1.165) is 6.54 Å². The lowest BCUT2D eigenvalue weighted by atomic mass is 10.1. The van der Waals surface area contributed by atoms with Crippen LogP contribution in [0.25, 0.3) is 0 Å². The van der Waals surface area contributed by atoms with Gasteiger partial charge in [0.25, 0.3) is 0 Å². The molecule has 2 heterocycles. The number of nitrogens with zero attached hydrogens (tertiary/aromatic N) is 2. The second kappa shape index (κ2) is 3.23. The maximum absolute atomic E-state index is 4.08. The summed E-state index contributed by atoms with van der Waals surface area (Å²) < 4.78 is 0. The molecule has 0 atom stereocenters. The first kappa shape index (κ1) is 7.74. The third-order valence-corrected chi connectivity index (χ3v) is 2.48. The van der Waals surface area contributed by atoms with Crippen molar-refractivity contribution < 1.29 is 0 Å². The quantitative estimate of drug-likeness (QED) is 0.656. The number of hydrogen-bond acceptors (Lipinski definition) is 2. The highest BCUT2D eigenvalue weighted by Crippen LogP contribution is 2.13. The van der Waals surface area contributed by atoms with Gasteiger partial charge in [-0.2, -0.15) is 0 Å². The van der Waals surface area contributed by atoms with Crippen LogP contribution in [-0.4, -0.2) is 23.0 Å². The minimum atomic E-state index is 1.11. The Morgan fingerprint density at radius 3 is 2.92 bits per heavy atom. The van der Waals surface area contributed by atoms with Crippen molar-refractivity contribution in [3.8, 4) is 0 Å². The molecule has 2 nitrogen and oxygen atoms in total. The van der Waals surface area contributed by atoms with E-state index in [0.29, 0.717) is 0 Å². The van der Waals surface area contributed by atoms with Crippen LogP contribution in [0, 0.1) is 6.92 Å². The average Bonchev–Trinajstić information content (AvgIpc) is 2.00. The Labute approximate surface area is 73.2 Å². The van der Waals surface area contributed by atoms with Crippen molar-refractivity contribution in [2.45, 2.75) is 19.9 Å². The van der Waals surface area contributed by atoms with Gasteiger partial charge in [-0.3, -0.25) is 9.88 Å². The minimum Gasteiger partial charge on any atom is -0.299 e. The van der Waals surface area contributed by atoms with Gasteiger partial charge in [-0.05, 0) is 43.6 Å². The molecule has 0 saturated carbocycles. The molecule has 0 bridgehead atoms. The number of aryl methyl sites for hydroxylation is 1. The predicted octanol–water partition coefficient (Wildman–Crippen LogP) is 1.60. The number of rotatable bonds is 2. The maximum Gasteiger partial charge on any atom is 0.0300 e. The second-order valence-electron chi connectivity index (χ2n) is 3.43. The van der Waals surface area contributed by atoms with Gasteiger partial charge in [0.2, 0.25) is 0 Å². The Kier molecular flexibility index (Phi) is 2.09. The van der Waals surface area contributed by atoms with Crippen LogP contribution in [0.5, 0.6) is 0 Å². The van der Waals surface area contributed by atoms with Gasteiger partial charge in [0.05, 0.1) is 0 Å². The van der Waals surface area contributed by atoms with Gasteiger partial charge in [0.1, 0.15) is 0 Å². The van der Waals surface area contributed by atoms with Gasteiger partial charge in [0, 0.05) is 18.9 Å². The van der Waals surface area contributed by atoms with E-state index in [2.05, 4.69) is 22.9 Å². The Morgan fingerprint density at radius 2 is 2.33 bits per heavy atom. The summed E-state index contributed by atoms with van der Waals surface area (Å²) >= 11 is 0. The molecule has 0 aromatic carbocycles. The molecule has 1 aliphatic heterocycles. The standard InChI is InChI=1S/C10H14N2/c1-9-7-11-4-3-10(9)8-12-5-2-6-12/h3-4,7H,2,5-6,8H2,1H3. The molecular weight excluding hydrogens is 148 g/mol. The van der Waals surface area contributed by atoms with E-state index >= 15 is 0 Å². The number of pyridine rings is 1. The molecule has 64 valence electrons. The first-order valence-corrected chi connectivity index (χ1v) is 4.48. The van der Waals surface area contributed by atoms with Crippen molar-refractivity contribution in [1.82, 2.24) is 9.88 Å². The van der Waals surface area contributed by atoms with Crippen molar-refractivity contribution in [3.05, 3.63) is 29.6 Å². The van der Waals surface area contributed by atoms with E-state index < -0.39 is 0 Å². The van der Waals surface area contributed by atoms with E-state index in [4.69, 9.17) is 0 Å². The van der Waals surface area contributed by atoms with Gasteiger partial charge < -0.3 is 0 Å². The molecule has 2 heteroatoms. The van der Waals surface area contributed by atoms with Crippen molar-refractivity contribution in [1.29, 1.82) is 0 Å². The van der Waals surface area contributed by atoms with Gasteiger partial charge in [-0.25, -0.2) is 0 Å². The predicted molar refractivity (Wildman–Crippen MR) is 48.9 cm³/mol. The highest BCUT2D eigenvalue weighted by Gasteiger charge is 2.14. The van der Waals surface area contributed by atoms with Crippen LogP contribution in [0.3, 0.4) is 0 Å². The molecule has 1 fully saturated rings. The van der Waals surface area contributed by atoms with Crippen LogP contribution >= 0.6 is 0 Å². The van der Waals surface area contributed by atoms with Crippen LogP contribution in [0.1, 0.15) is 17.5 Å². The summed E-state index contributed by atoms with van der Waals surface area (Å²) in [6, 6.07) is 2.12. The summed E-state index contributed by atoms with van der Waals surface area (Å²) in [6.07, 6.45) is 5.18. The van der Waals surface area contributed by atoms with E-state index in [-0.39, 0.29) is 0 Å². The van der Waals surface area contributed by atoms with Crippen molar-refractivity contribution in [2.75, 3.05) is 13.1 Å².